The Morgan fingerprint density at radius 1 is 1.32 bits per heavy atom. The zero-order valence-corrected chi connectivity index (χ0v) is 16.7. The van der Waals surface area contributed by atoms with E-state index in [0.29, 0.717) is 17.9 Å². The average Bonchev–Trinajstić information content (AvgIpc) is 3.04. The molecule has 2 rings (SSSR count). The molecule has 0 aliphatic heterocycles. The molecule has 0 fully saturated rings. The molecule has 2 aromatic heterocycles. The van der Waals surface area contributed by atoms with Gasteiger partial charge in [-0.1, -0.05) is 0 Å². The molecule has 0 radical (unpaired) electrons. The van der Waals surface area contributed by atoms with Gasteiger partial charge in [0.15, 0.2) is 5.69 Å². The second-order valence-electron chi connectivity index (χ2n) is 5.28. The summed E-state index contributed by atoms with van der Waals surface area (Å²) < 4.78 is 42.1. The van der Waals surface area contributed by atoms with Crippen LogP contribution in [0.1, 0.15) is 30.4 Å². The van der Waals surface area contributed by atoms with Crippen LogP contribution in [0.4, 0.5) is 13.2 Å². The number of aryl methyl sites for hydroxylation is 2. The Morgan fingerprint density at radius 2 is 2.00 bits per heavy atom. The lowest BCUT2D eigenvalue weighted by Crippen LogP contribution is -2.25. The van der Waals surface area contributed by atoms with Gasteiger partial charge in [0.25, 0.3) is 0 Å². The lowest BCUT2D eigenvalue weighted by atomic mass is 10.3. The van der Waals surface area contributed by atoms with Gasteiger partial charge in [0, 0.05) is 19.2 Å². The number of halogens is 5. The number of amides is 1. The molecule has 138 valence electrons. The number of hydrogen-bond donors (Lipinski definition) is 1. The molecule has 0 saturated heterocycles. The number of nitrogens with zero attached hydrogens (tertiary/aromatic N) is 4. The van der Waals surface area contributed by atoms with Gasteiger partial charge in [-0.3, -0.25) is 14.2 Å². The molecule has 1 N–H and O–H groups in total. The van der Waals surface area contributed by atoms with E-state index in [2.05, 4.69) is 47.4 Å². The molecule has 25 heavy (non-hydrogen) atoms. The zero-order valence-electron chi connectivity index (χ0n) is 13.5. The third-order valence-electron chi connectivity index (χ3n) is 3.52. The molecule has 0 bridgehead atoms. The van der Waals surface area contributed by atoms with Crippen LogP contribution in [-0.2, 0) is 30.6 Å². The van der Waals surface area contributed by atoms with Crippen LogP contribution in [0.5, 0.6) is 0 Å². The van der Waals surface area contributed by atoms with Crippen molar-refractivity contribution in [3.05, 3.63) is 32.2 Å². The quantitative estimate of drug-likeness (QED) is 0.677. The van der Waals surface area contributed by atoms with Gasteiger partial charge in [0.1, 0.15) is 0 Å². The van der Waals surface area contributed by atoms with E-state index in [1.54, 1.807) is 4.68 Å². The van der Waals surface area contributed by atoms with Crippen molar-refractivity contribution >= 4 is 37.8 Å². The van der Waals surface area contributed by atoms with Gasteiger partial charge in [0.2, 0.25) is 5.91 Å². The SMILES string of the molecule is CCn1cc(Br)c(CNC(=O)CCn2nc(C(F)(F)F)c(Br)c2C)n1. The van der Waals surface area contributed by atoms with Crippen LogP contribution in [0, 0.1) is 6.92 Å². The summed E-state index contributed by atoms with van der Waals surface area (Å²) in [5, 5.41) is 10.5. The van der Waals surface area contributed by atoms with Gasteiger partial charge < -0.3 is 5.32 Å². The van der Waals surface area contributed by atoms with Crippen LogP contribution in [0.25, 0.3) is 0 Å². The summed E-state index contributed by atoms with van der Waals surface area (Å²) in [4.78, 5) is 11.9. The molecule has 2 heterocycles. The molecule has 1 amide bonds. The molecular weight excluding hydrogens is 471 g/mol. The molecule has 0 atom stereocenters. The standard InChI is InChI=1S/C14H16Br2F3N5O/c1-3-23-7-9(15)10(21-23)6-20-11(25)4-5-24-8(2)12(16)13(22-24)14(17,18)19/h7H,3-6H2,1-2H3,(H,20,25). The number of nitrogens with one attached hydrogen (secondary N) is 1. The molecule has 2 aromatic rings. The minimum atomic E-state index is -4.54. The van der Waals surface area contributed by atoms with Gasteiger partial charge in [-0.2, -0.15) is 23.4 Å². The summed E-state index contributed by atoms with van der Waals surface area (Å²) in [6, 6.07) is 0. The number of alkyl halides is 3. The molecule has 0 saturated carbocycles. The molecular formula is C14H16Br2F3N5O. The number of aromatic nitrogens is 4. The predicted molar refractivity (Wildman–Crippen MR) is 91.7 cm³/mol. The van der Waals surface area contributed by atoms with E-state index in [1.165, 1.54) is 11.6 Å². The average molecular weight is 487 g/mol. The summed E-state index contributed by atoms with van der Waals surface area (Å²) in [6.07, 6.45) is -2.72. The lowest BCUT2D eigenvalue weighted by Gasteiger charge is -2.06. The van der Waals surface area contributed by atoms with Gasteiger partial charge in [-0.05, 0) is 45.7 Å². The van der Waals surface area contributed by atoms with Crippen LogP contribution >= 0.6 is 31.9 Å². The first-order valence-corrected chi connectivity index (χ1v) is 9.00. The van der Waals surface area contributed by atoms with Crippen molar-refractivity contribution in [1.82, 2.24) is 24.9 Å². The summed E-state index contributed by atoms with van der Waals surface area (Å²) in [5.41, 5.74) is 0.0246. The zero-order chi connectivity index (χ0) is 18.8. The van der Waals surface area contributed by atoms with Crippen LogP contribution < -0.4 is 5.32 Å². The maximum absolute atomic E-state index is 12.8. The fourth-order valence-electron chi connectivity index (χ4n) is 2.12. The van der Waals surface area contributed by atoms with Crippen LogP contribution in [-0.4, -0.2) is 25.5 Å². The Balaban J connectivity index is 1.93. The Hall–Kier alpha value is -1.36. The highest BCUT2D eigenvalue weighted by molar-refractivity contribution is 9.10. The maximum atomic E-state index is 12.8. The summed E-state index contributed by atoms with van der Waals surface area (Å²) in [7, 11) is 0. The molecule has 0 spiro atoms. The molecule has 11 heteroatoms. The Labute approximate surface area is 159 Å². The fourth-order valence-corrected chi connectivity index (χ4v) is 3.08. The molecule has 0 aliphatic carbocycles. The summed E-state index contributed by atoms with van der Waals surface area (Å²) in [6.45, 7) is 4.46. The predicted octanol–water partition coefficient (Wildman–Crippen LogP) is 3.66. The lowest BCUT2D eigenvalue weighted by molar-refractivity contribution is -0.142. The van der Waals surface area contributed by atoms with Crippen molar-refractivity contribution in [2.45, 2.75) is 46.1 Å². The first-order chi connectivity index (χ1) is 11.6. The van der Waals surface area contributed by atoms with Crippen molar-refractivity contribution in [3.8, 4) is 0 Å². The van der Waals surface area contributed by atoms with Crippen LogP contribution in [0.3, 0.4) is 0 Å². The van der Waals surface area contributed by atoms with Crippen LogP contribution in [0.15, 0.2) is 15.1 Å². The smallest absolute Gasteiger partial charge is 0.350 e. The van der Waals surface area contributed by atoms with Crippen molar-refractivity contribution in [3.63, 3.8) is 0 Å². The van der Waals surface area contributed by atoms with Crippen molar-refractivity contribution < 1.29 is 18.0 Å². The van der Waals surface area contributed by atoms with E-state index >= 15 is 0 Å². The highest BCUT2D eigenvalue weighted by Crippen LogP contribution is 2.35. The normalized spacial score (nSPS) is 11.8. The van der Waals surface area contributed by atoms with E-state index in [1.807, 2.05) is 13.1 Å². The molecule has 0 aromatic carbocycles. The minimum Gasteiger partial charge on any atom is -0.350 e. The number of hydrogen-bond acceptors (Lipinski definition) is 3. The molecule has 0 aliphatic rings. The van der Waals surface area contributed by atoms with Crippen molar-refractivity contribution in [1.29, 1.82) is 0 Å². The van der Waals surface area contributed by atoms with E-state index in [0.717, 1.165) is 4.47 Å². The second kappa shape index (κ2) is 7.90. The van der Waals surface area contributed by atoms with Gasteiger partial charge >= 0.3 is 6.18 Å². The first kappa shape index (κ1) is 20.0. The maximum Gasteiger partial charge on any atom is 0.436 e. The second-order valence-corrected chi connectivity index (χ2v) is 6.92. The third kappa shape index (κ3) is 4.84. The highest BCUT2D eigenvalue weighted by atomic mass is 79.9. The van der Waals surface area contributed by atoms with E-state index in [9.17, 15) is 18.0 Å². The monoisotopic (exact) mass is 485 g/mol. The third-order valence-corrected chi connectivity index (χ3v) is 5.13. The first-order valence-electron chi connectivity index (χ1n) is 7.42. The van der Waals surface area contributed by atoms with E-state index in [-0.39, 0.29) is 29.9 Å². The number of carbonyl (C=O) groups is 1. The topological polar surface area (TPSA) is 64.7 Å². The van der Waals surface area contributed by atoms with E-state index in [4.69, 9.17) is 0 Å². The van der Waals surface area contributed by atoms with Gasteiger partial charge in [-0.15, -0.1) is 0 Å². The van der Waals surface area contributed by atoms with Crippen molar-refractivity contribution in [2.24, 2.45) is 0 Å². The Bertz CT molecular complexity index is 769. The van der Waals surface area contributed by atoms with Gasteiger partial charge in [-0.25, -0.2) is 0 Å². The summed E-state index contributed by atoms with van der Waals surface area (Å²) in [5.74, 6) is -0.294. The summed E-state index contributed by atoms with van der Waals surface area (Å²) >= 11 is 6.26. The van der Waals surface area contributed by atoms with Gasteiger partial charge in [0.05, 0.1) is 33.4 Å². The highest BCUT2D eigenvalue weighted by Gasteiger charge is 2.37. The molecule has 0 unspecified atom stereocenters. The minimum absolute atomic E-state index is 0.0123. The van der Waals surface area contributed by atoms with Crippen LogP contribution in [0.2, 0.25) is 0 Å². The molecule has 6 nitrogen and oxygen atoms in total. The Kier molecular flexibility index (Phi) is 6.30. The fraction of sp³-hybridized carbons (Fsp3) is 0.500. The van der Waals surface area contributed by atoms with Crippen molar-refractivity contribution in [2.75, 3.05) is 0 Å². The van der Waals surface area contributed by atoms with E-state index < -0.39 is 11.9 Å². The largest absolute Gasteiger partial charge is 0.436 e. The number of carbonyl (C=O) groups excluding carboxylic acids is 1. The Morgan fingerprint density at radius 3 is 2.52 bits per heavy atom. The number of rotatable bonds is 6.